The minimum atomic E-state index is 0.528. The molecule has 0 atom stereocenters. The lowest BCUT2D eigenvalue weighted by Gasteiger charge is -2.13. The van der Waals surface area contributed by atoms with Crippen LogP contribution in [0.2, 0.25) is 0 Å². The number of rotatable bonds is 5. The van der Waals surface area contributed by atoms with E-state index in [1.54, 1.807) is 0 Å². The molecule has 0 aliphatic heterocycles. The standard InChI is InChI=1S/C59H38N6S/c1-37-16-5-3-2-4-6-19-41(32-37)57-61-58(42-29-28-38-17-7-8-18-39(38)33-42)63-59(62-57)65-51-25-13-10-21-44(51)47-35-46-43-20-9-12-24-50(43)64(52(46)36-53(47)65)56-27-15-23-49(60-56)40-30-31-55-48(34-40)45-22-11-14-26-54(45)66-55/h2-3,5-36H,1,4H2/b3-2-,16-5-,19-6-,41-32+. The van der Waals surface area contributed by atoms with Crippen molar-refractivity contribution < 1.29 is 0 Å². The topological polar surface area (TPSA) is 61.4 Å². The third kappa shape index (κ3) is 6.31. The summed E-state index contributed by atoms with van der Waals surface area (Å²) in [5.74, 6) is 2.52. The van der Waals surface area contributed by atoms with E-state index in [0.29, 0.717) is 17.6 Å². The fourth-order valence-corrected chi connectivity index (χ4v) is 10.7. The summed E-state index contributed by atoms with van der Waals surface area (Å²) in [5.41, 5.74) is 8.71. The van der Waals surface area contributed by atoms with Crippen LogP contribution in [0.25, 0.3) is 115 Å². The van der Waals surface area contributed by atoms with Crippen LogP contribution in [0.1, 0.15) is 12.2 Å². The second kappa shape index (κ2) is 15.3. The predicted molar refractivity (Wildman–Crippen MR) is 277 cm³/mol. The summed E-state index contributed by atoms with van der Waals surface area (Å²) in [6, 6.07) is 58.3. The summed E-state index contributed by atoms with van der Waals surface area (Å²) < 4.78 is 7.07. The van der Waals surface area contributed by atoms with E-state index in [9.17, 15) is 0 Å². The van der Waals surface area contributed by atoms with Crippen LogP contribution in [0.4, 0.5) is 0 Å². The number of pyridine rings is 1. The molecule has 1 aliphatic rings. The van der Waals surface area contributed by atoms with E-state index >= 15 is 0 Å². The van der Waals surface area contributed by atoms with E-state index < -0.39 is 0 Å². The first-order chi connectivity index (χ1) is 32.6. The number of benzene rings is 7. The minimum Gasteiger partial charge on any atom is -0.294 e. The molecule has 0 unspecified atom stereocenters. The average molecular weight is 863 g/mol. The Balaban J connectivity index is 1.05. The van der Waals surface area contributed by atoms with Crippen molar-refractivity contribution in [1.29, 1.82) is 0 Å². The van der Waals surface area contributed by atoms with Gasteiger partial charge in [-0.15, -0.1) is 11.3 Å². The molecule has 0 N–H and O–H groups in total. The first-order valence-corrected chi connectivity index (χ1v) is 22.9. The summed E-state index contributed by atoms with van der Waals surface area (Å²) >= 11 is 1.83. The van der Waals surface area contributed by atoms with Gasteiger partial charge in [0.1, 0.15) is 5.82 Å². The van der Waals surface area contributed by atoms with E-state index in [-0.39, 0.29) is 0 Å². The number of hydrogen-bond acceptors (Lipinski definition) is 5. The van der Waals surface area contributed by atoms with E-state index in [1.165, 1.54) is 20.2 Å². The quantitative estimate of drug-likeness (QED) is 0.173. The SMILES string of the molecule is C=C1/C=C\C=C/C/C=C\C(c2nc(-c3ccc4ccccc4c3)nc(-n3c4ccccc4c4cc5c6ccccc6n(-c6cccc(-c7ccc8sc9ccccc9c8c7)n6)c5cc43)n2)=C/1. The number of fused-ring (bicyclic) bond motifs is 10. The first-order valence-electron chi connectivity index (χ1n) is 22.1. The van der Waals surface area contributed by atoms with Crippen molar-refractivity contribution in [3.05, 3.63) is 224 Å². The van der Waals surface area contributed by atoms with Gasteiger partial charge >= 0.3 is 0 Å². The number of para-hydroxylation sites is 2. The molecular formula is C59H38N6S. The van der Waals surface area contributed by atoms with Gasteiger partial charge in [-0.1, -0.05) is 146 Å². The Morgan fingerprint density at radius 2 is 1.17 bits per heavy atom. The summed E-state index contributed by atoms with van der Waals surface area (Å²) in [6.07, 6.45) is 15.2. The monoisotopic (exact) mass is 862 g/mol. The molecule has 5 aromatic heterocycles. The lowest BCUT2D eigenvalue weighted by Crippen LogP contribution is -2.08. The van der Waals surface area contributed by atoms with E-state index in [1.807, 2.05) is 35.6 Å². The average Bonchev–Trinajstić information content (AvgIpc) is 4.02. The van der Waals surface area contributed by atoms with Crippen LogP contribution in [-0.2, 0) is 0 Å². The fourth-order valence-electron chi connectivity index (χ4n) is 9.58. The van der Waals surface area contributed by atoms with Gasteiger partial charge in [-0.25, -0.2) is 9.97 Å². The molecule has 7 heteroatoms. The van der Waals surface area contributed by atoms with Crippen molar-refractivity contribution in [1.82, 2.24) is 29.1 Å². The molecule has 66 heavy (non-hydrogen) atoms. The van der Waals surface area contributed by atoms with Crippen molar-refractivity contribution in [2.24, 2.45) is 0 Å². The van der Waals surface area contributed by atoms with E-state index in [2.05, 4.69) is 198 Å². The van der Waals surface area contributed by atoms with Crippen LogP contribution in [0.3, 0.4) is 0 Å². The van der Waals surface area contributed by atoms with Gasteiger partial charge in [-0.3, -0.25) is 9.13 Å². The molecule has 7 aromatic carbocycles. The van der Waals surface area contributed by atoms with Crippen LogP contribution < -0.4 is 0 Å². The maximum atomic E-state index is 5.42. The molecule has 6 nitrogen and oxygen atoms in total. The van der Waals surface area contributed by atoms with Crippen molar-refractivity contribution in [3.8, 4) is 34.4 Å². The Morgan fingerprint density at radius 3 is 2.03 bits per heavy atom. The number of allylic oxidation sites excluding steroid dienone is 9. The van der Waals surface area contributed by atoms with Gasteiger partial charge < -0.3 is 0 Å². The molecule has 13 rings (SSSR count). The molecule has 0 saturated heterocycles. The molecule has 1 aliphatic carbocycles. The van der Waals surface area contributed by atoms with Gasteiger partial charge in [-0.05, 0) is 89.5 Å². The molecule has 0 saturated carbocycles. The maximum absolute atomic E-state index is 5.42. The van der Waals surface area contributed by atoms with Crippen LogP contribution in [-0.4, -0.2) is 29.1 Å². The van der Waals surface area contributed by atoms with Crippen LogP contribution >= 0.6 is 11.3 Å². The van der Waals surface area contributed by atoms with Crippen molar-refractivity contribution >= 4 is 91.5 Å². The Labute approximate surface area is 383 Å². The summed E-state index contributed by atoms with van der Waals surface area (Å²) in [7, 11) is 0. The zero-order valence-corrected chi connectivity index (χ0v) is 36.5. The predicted octanol–water partition coefficient (Wildman–Crippen LogP) is 15.3. The summed E-state index contributed by atoms with van der Waals surface area (Å²) in [6.45, 7) is 4.34. The highest BCUT2D eigenvalue weighted by Crippen LogP contribution is 2.41. The zero-order valence-electron chi connectivity index (χ0n) is 35.6. The Hall–Kier alpha value is -8.52. The Morgan fingerprint density at radius 1 is 0.455 bits per heavy atom. The van der Waals surface area contributed by atoms with Crippen LogP contribution in [0.15, 0.2) is 218 Å². The normalized spacial score (nSPS) is 15.6. The third-order valence-electron chi connectivity index (χ3n) is 12.7. The second-order valence-corrected chi connectivity index (χ2v) is 17.8. The minimum absolute atomic E-state index is 0.528. The van der Waals surface area contributed by atoms with Crippen LogP contribution in [0.5, 0.6) is 0 Å². The number of thiophene rings is 1. The summed E-state index contributed by atoms with van der Waals surface area (Å²) in [5, 5.41) is 9.32. The number of nitrogens with zero attached hydrogens (tertiary/aromatic N) is 6. The lowest BCUT2D eigenvalue weighted by molar-refractivity contribution is 0.932. The fraction of sp³-hybridized carbons (Fsp3) is 0.0169. The lowest BCUT2D eigenvalue weighted by atomic mass is 10.1. The molecule has 12 aromatic rings. The second-order valence-electron chi connectivity index (χ2n) is 16.7. The Bertz CT molecular complexity index is 4120. The third-order valence-corrected chi connectivity index (χ3v) is 13.8. The largest absolute Gasteiger partial charge is 0.294 e. The molecule has 0 spiro atoms. The highest BCUT2D eigenvalue weighted by atomic mass is 32.1. The van der Waals surface area contributed by atoms with Gasteiger partial charge in [0.15, 0.2) is 11.6 Å². The van der Waals surface area contributed by atoms with Gasteiger partial charge in [-0.2, -0.15) is 9.97 Å². The van der Waals surface area contributed by atoms with Gasteiger partial charge in [0.2, 0.25) is 5.95 Å². The highest BCUT2D eigenvalue weighted by molar-refractivity contribution is 7.25. The van der Waals surface area contributed by atoms with Crippen LogP contribution in [0, 0.1) is 0 Å². The van der Waals surface area contributed by atoms with Crippen molar-refractivity contribution in [2.75, 3.05) is 0 Å². The van der Waals surface area contributed by atoms with Gasteiger partial charge in [0, 0.05) is 58.4 Å². The van der Waals surface area contributed by atoms with E-state index in [4.69, 9.17) is 19.9 Å². The molecule has 5 heterocycles. The molecule has 0 bridgehead atoms. The van der Waals surface area contributed by atoms with E-state index in [0.717, 1.165) is 94.6 Å². The number of aromatic nitrogens is 6. The first kappa shape index (κ1) is 38.0. The summed E-state index contributed by atoms with van der Waals surface area (Å²) in [4.78, 5) is 21.3. The number of hydrogen-bond donors (Lipinski definition) is 0. The van der Waals surface area contributed by atoms with Crippen molar-refractivity contribution in [3.63, 3.8) is 0 Å². The molecule has 0 radical (unpaired) electrons. The molecular weight excluding hydrogens is 825 g/mol. The maximum Gasteiger partial charge on any atom is 0.238 e. The van der Waals surface area contributed by atoms with Gasteiger partial charge in [0.25, 0.3) is 0 Å². The molecule has 0 amide bonds. The Kier molecular flexibility index (Phi) is 8.82. The zero-order chi connectivity index (χ0) is 43.7. The molecule has 0 fully saturated rings. The smallest absolute Gasteiger partial charge is 0.238 e. The van der Waals surface area contributed by atoms with Gasteiger partial charge in [0.05, 0.1) is 27.8 Å². The molecule has 310 valence electrons. The van der Waals surface area contributed by atoms with Crippen molar-refractivity contribution in [2.45, 2.75) is 6.42 Å². The highest BCUT2D eigenvalue weighted by Gasteiger charge is 2.22.